The summed E-state index contributed by atoms with van der Waals surface area (Å²) in [5.74, 6) is -0.494. The number of carbonyl (C=O) groups is 1. The number of rotatable bonds is 6. The third-order valence-electron chi connectivity index (χ3n) is 4.84. The van der Waals surface area contributed by atoms with Crippen LogP contribution in [0.2, 0.25) is 0 Å². The van der Waals surface area contributed by atoms with E-state index < -0.39 is 27.5 Å². The van der Waals surface area contributed by atoms with Gasteiger partial charge in [-0.2, -0.15) is 13.2 Å². The smallest absolute Gasteiger partial charge is 0.344 e. The molecule has 0 atom stereocenters. The molecule has 0 radical (unpaired) electrons. The van der Waals surface area contributed by atoms with Crippen LogP contribution >= 0.6 is 0 Å². The number of hydrogen-bond acceptors (Lipinski definition) is 3. The maximum atomic E-state index is 13.7. The first-order chi connectivity index (χ1) is 14.3. The third kappa shape index (κ3) is 5.35. The lowest BCUT2D eigenvalue weighted by Crippen LogP contribution is -2.12. The molecule has 0 saturated heterocycles. The van der Waals surface area contributed by atoms with Crippen LogP contribution in [0.3, 0.4) is 0 Å². The predicted octanol–water partition coefficient (Wildman–Crippen LogP) is 4.55. The lowest BCUT2D eigenvalue weighted by atomic mass is 10.1. The van der Waals surface area contributed by atoms with Gasteiger partial charge >= 0.3 is 6.18 Å². The van der Waals surface area contributed by atoms with Gasteiger partial charge in [0.05, 0.1) is 17.5 Å². The van der Waals surface area contributed by atoms with Crippen LogP contribution in [0.15, 0.2) is 54.6 Å². The Morgan fingerprint density at radius 1 is 1.03 bits per heavy atom. The zero-order chi connectivity index (χ0) is 23.0. The Hall–Kier alpha value is -3.07. The van der Waals surface area contributed by atoms with Crippen molar-refractivity contribution < 1.29 is 26.4 Å². The van der Waals surface area contributed by atoms with Crippen LogP contribution < -0.4 is 4.72 Å². The Balaban J connectivity index is 1.98. The Bertz CT molecular complexity index is 1210. The average Bonchev–Trinajstić information content (AvgIpc) is 2.99. The summed E-state index contributed by atoms with van der Waals surface area (Å²) in [6, 6.07) is 13.6. The van der Waals surface area contributed by atoms with E-state index in [-0.39, 0.29) is 17.8 Å². The molecule has 0 aliphatic carbocycles. The Kier molecular flexibility index (Phi) is 6.00. The Morgan fingerprint density at radius 3 is 2.13 bits per heavy atom. The molecular weight excluding hydrogens is 429 g/mol. The van der Waals surface area contributed by atoms with Gasteiger partial charge in [0.2, 0.25) is 15.8 Å². The summed E-state index contributed by atoms with van der Waals surface area (Å²) in [6.45, 7) is 1.85. The number of hydrogen-bond donors (Lipinski definition) is 1. The molecule has 9 heteroatoms. The minimum atomic E-state index is -4.63. The maximum Gasteiger partial charge on any atom is 0.418 e. The van der Waals surface area contributed by atoms with Gasteiger partial charge in [-0.15, -0.1) is 0 Å². The summed E-state index contributed by atoms with van der Waals surface area (Å²) in [5, 5.41) is 0. The van der Waals surface area contributed by atoms with Gasteiger partial charge in [0, 0.05) is 30.4 Å². The minimum absolute atomic E-state index is 0.0493. The van der Waals surface area contributed by atoms with Crippen LogP contribution in [0.1, 0.15) is 38.4 Å². The second-order valence-corrected chi connectivity index (χ2v) is 9.14. The molecule has 5 nitrogen and oxygen atoms in total. The molecule has 164 valence electrons. The van der Waals surface area contributed by atoms with Gasteiger partial charge < -0.3 is 4.57 Å². The van der Waals surface area contributed by atoms with Gasteiger partial charge in [0.15, 0.2) is 0 Å². The van der Waals surface area contributed by atoms with E-state index in [2.05, 4.69) is 4.72 Å². The van der Waals surface area contributed by atoms with Crippen LogP contribution in [-0.2, 0) is 29.7 Å². The van der Waals surface area contributed by atoms with E-state index >= 15 is 0 Å². The number of nitrogens with zero attached hydrogens (tertiary/aromatic N) is 1. The standard InChI is InChI=1S/C22H21F3N2O3S/c1-14-4-8-16(9-5-14)21(28)20-13-18(22(23,24)25)19(27(20)2)12-15-6-10-17(11-7-15)26-31(3,29)30/h4-11,13,26H,12H2,1-3H3. The number of ketones is 1. The van der Waals surface area contributed by atoms with E-state index in [1.54, 1.807) is 36.4 Å². The number of halogens is 3. The van der Waals surface area contributed by atoms with E-state index in [0.717, 1.165) is 17.9 Å². The minimum Gasteiger partial charge on any atom is -0.344 e. The van der Waals surface area contributed by atoms with Crippen LogP contribution in [0.25, 0.3) is 0 Å². The third-order valence-corrected chi connectivity index (χ3v) is 5.45. The molecule has 2 aromatic carbocycles. The van der Waals surface area contributed by atoms with E-state index in [9.17, 15) is 26.4 Å². The summed E-state index contributed by atoms with van der Waals surface area (Å²) in [5.41, 5.74) is 1.12. The highest BCUT2D eigenvalue weighted by Crippen LogP contribution is 2.35. The number of aryl methyl sites for hydroxylation is 1. The number of benzene rings is 2. The molecule has 31 heavy (non-hydrogen) atoms. The highest BCUT2D eigenvalue weighted by Gasteiger charge is 2.37. The number of sulfonamides is 1. The quantitative estimate of drug-likeness (QED) is 0.561. The Morgan fingerprint density at radius 2 is 1.61 bits per heavy atom. The summed E-state index contributed by atoms with van der Waals surface area (Å²) < 4.78 is 67.3. The molecule has 0 saturated carbocycles. The monoisotopic (exact) mass is 450 g/mol. The molecule has 1 aromatic heterocycles. The molecule has 0 bridgehead atoms. The highest BCUT2D eigenvalue weighted by molar-refractivity contribution is 7.92. The van der Waals surface area contributed by atoms with E-state index in [0.29, 0.717) is 16.8 Å². The molecule has 1 heterocycles. The molecule has 0 unspecified atom stereocenters. The van der Waals surface area contributed by atoms with Crippen LogP contribution in [0, 0.1) is 6.92 Å². The fourth-order valence-electron chi connectivity index (χ4n) is 3.27. The topological polar surface area (TPSA) is 68.2 Å². The van der Waals surface area contributed by atoms with Gasteiger partial charge in [-0.25, -0.2) is 8.42 Å². The van der Waals surface area contributed by atoms with E-state index in [1.165, 1.54) is 23.7 Å². The summed E-state index contributed by atoms with van der Waals surface area (Å²) in [7, 11) is -2.02. The summed E-state index contributed by atoms with van der Waals surface area (Å²) >= 11 is 0. The lowest BCUT2D eigenvalue weighted by Gasteiger charge is -2.12. The van der Waals surface area contributed by atoms with Crippen molar-refractivity contribution in [3.8, 4) is 0 Å². The number of carbonyl (C=O) groups excluding carboxylic acids is 1. The van der Waals surface area contributed by atoms with Crippen LogP contribution in [-0.4, -0.2) is 25.0 Å². The first kappa shape index (κ1) is 22.6. The predicted molar refractivity (Wildman–Crippen MR) is 113 cm³/mol. The fourth-order valence-corrected chi connectivity index (χ4v) is 3.84. The van der Waals surface area contributed by atoms with Crippen molar-refractivity contribution in [1.82, 2.24) is 4.57 Å². The molecular formula is C22H21F3N2O3S. The first-order valence-electron chi connectivity index (χ1n) is 9.29. The maximum absolute atomic E-state index is 13.7. The highest BCUT2D eigenvalue weighted by atomic mass is 32.2. The van der Waals surface area contributed by atoms with Crippen molar-refractivity contribution in [3.63, 3.8) is 0 Å². The SMILES string of the molecule is Cc1ccc(C(=O)c2cc(C(F)(F)F)c(Cc3ccc(NS(C)(=O)=O)cc3)n2C)cc1. The zero-order valence-electron chi connectivity index (χ0n) is 17.1. The molecule has 0 aliphatic heterocycles. The van der Waals surface area contributed by atoms with Crippen LogP contribution in [0.5, 0.6) is 0 Å². The van der Waals surface area contributed by atoms with E-state index in [4.69, 9.17) is 0 Å². The molecule has 3 aromatic rings. The zero-order valence-corrected chi connectivity index (χ0v) is 17.9. The number of nitrogens with one attached hydrogen (secondary N) is 1. The van der Waals surface area contributed by atoms with Gasteiger partial charge in [-0.05, 0) is 30.7 Å². The largest absolute Gasteiger partial charge is 0.418 e. The molecule has 0 amide bonds. The van der Waals surface area contributed by atoms with Crippen molar-refractivity contribution in [2.75, 3.05) is 11.0 Å². The summed E-state index contributed by atoms with van der Waals surface area (Å²) in [4.78, 5) is 12.8. The van der Waals surface area contributed by atoms with Gasteiger partial charge in [0.1, 0.15) is 0 Å². The Labute approximate surface area is 178 Å². The normalized spacial score (nSPS) is 12.1. The van der Waals surface area contributed by atoms with E-state index in [1.807, 2.05) is 6.92 Å². The number of alkyl halides is 3. The lowest BCUT2D eigenvalue weighted by molar-refractivity contribution is -0.138. The second-order valence-electron chi connectivity index (χ2n) is 7.39. The average molecular weight is 450 g/mol. The molecule has 3 rings (SSSR count). The molecule has 0 fully saturated rings. The van der Waals surface area contributed by atoms with Crippen LogP contribution in [0.4, 0.5) is 18.9 Å². The van der Waals surface area contributed by atoms with Gasteiger partial charge in [-0.3, -0.25) is 9.52 Å². The van der Waals surface area contributed by atoms with Crippen molar-refractivity contribution in [1.29, 1.82) is 0 Å². The summed E-state index contributed by atoms with van der Waals surface area (Å²) in [6.07, 6.45) is -3.70. The van der Waals surface area contributed by atoms with Crippen molar-refractivity contribution in [2.45, 2.75) is 19.5 Å². The first-order valence-corrected chi connectivity index (χ1v) is 11.2. The van der Waals surface area contributed by atoms with Gasteiger partial charge in [0.25, 0.3) is 0 Å². The molecule has 0 spiro atoms. The van der Waals surface area contributed by atoms with Crippen molar-refractivity contribution >= 4 is 21.5 Å². The number of aromatic nitrogens is 1. The van der Waals surface area contributed by atoms with Crippen molar-refractivity contribution in [3.05, 3.63) is 88.2 Å². The second kappa shape index (κ2) is 8.22. The molecule has 1 N–H and O–H groups in total. The van der Waals surface area contributed by atoms with Crippen molar-refractivity contribution in [2.24, 2.45) is 7.05 Å². The fraction of sp³-hybridized carbons (Fsp3) is 0.227. The number of anilines is 1. The molecule has 0 aliphatic rings. The van der Waals surface area contributed by atoms with Gasteiger partial charge in [-0.1, -0.05) is 42.0 Å².